The second-order valence-electron chi connectivity index (χ2n) is 4.70. The first-order chi connectivity index (χ1) is 10.8. The van der Waals surface area contributed by atoms with E-state index in [0.717, 1.165) is 10.7 Å². The molecule has 1 heterocycles. The summed E-state index contributed by atoms with van der Waals surface area (Å²) < 4.78 is 5.84. The van der Waals surface area contributed by atoms with Crippen LogP contribution in [0.4, 0.5) is 11.5 Å². The van der Waals surface area contributed by atoms with Crippen LogP contribution in [0.25, 0.3) is 0 Å². The number of aromatic hydroxyl groups is 1. The fourth-order valence-corrected chi connectivity index (χ4v) is 1.95. The van der Waals surface area contributed by atoms with Crippen LogP contribution in [0.5, 0.6) is 11.5 Å². The highest BCUT2D eigenvalue weighted by molar-refractivity contribution is 5.83. The molecule has 0 fully saturated rings. The summed E-state index contributed by atoms with van der Waals surface area (Å²) in [6.45, 7) is 1.72. The first-order valence-electron chi connectivity index (χ1n) is 6.42. The Hall–Kier alpha value is -3.36. The van der Waals surface area contributed by atoms with Gasteiger partial charge in [0, 0.05) is 17.7 Å². The third-order valence-corrected chi connectivity index (χ3v) is 3.00. The van der Waals surface area contributed by atoms with Crippen LogP contribution in [-0.4, -0.2) is 28.0 Å². The van der Waals surface area contributed by atoms with E-state index in [0.29, 0.717) is 5.56 Å². The van der Waals surface area contributed by atoms with Crippen LogP contribution in [-0.2, 0) is 0 Å². The van der Waals surface area contributed by atoms with Gasteiger partial charge in [-0.2, -0.15) is 9.78 Å². The van der Waals surface area contributed by atoms with Gasteiger partial charge < -0.3 is 15.6 Å². The second kappa shape index (κ2) is 6.18. The van der Waals surface area contributed by atoms with Crippen molar-refractivity contribution in [2.45, 2.75) is 6.92 Å². The quantitative estimate of drug-likeness (QED) is 0.495. The van der Waals surface area contributed by atoms with Gasteiger partial charge in [-0.25, -0.2) is 0 Å². The molecule has 0 aliphatic carbocycles. The maximum Gasteiger partial charge on any atom is 0.315 e. The van der Waals surface area contributed by atoms with Crippen molar-refractivity contribution in [3.63, 3.8) is 0 Å². The molecule has 1 aromatic heterocycles. The first kappa shape index (κ1) is 16.0. The Morgan fingerprint density at radius 3 is 2.65 bits per heavy atom. The number of nitrogen functional groups attached to an aromatic ring is 1. The van der Waals surface area contributed by atoms with E-state index in [1.54, 1.807) is 13.0 Å². The second-order valence-corrected chi connectivity index (χ2v) is 4.70. The van der Waals surface area contributed by atoms with Crippen molar-refractivity contribution >= 4 is 17.7 Å². The molecule has 0 spiro atoms. The molecule has 0 amide bonds. The average Bonchev–Trinajstić information content (AvgIpc) is 2.47. The molecule has 3 N–H and O–H groups in total. The Balaban J connectivity index is 2.50. The fraction of sp³-hybridized carbons (Fsp3) is 0.143. The Morgan fingerprint density at radius 2 is 2.09 bits per heavy atom. The largest absolute Gasteiger partial charge is 0.500 e. The highest BCUT2D eigenvalue weighted by Crippen LogP contribution is 2.36. The van der Waals surface area contributed by atoms with Crippen LogP contribution in [0.2, 0.25) is 0 Å². The summed E-state index contributed by atoms with van der Waals surface area (Å²) in [5.41, 5.74) is 5.71. The topological polar surface area (TPSA) is 133 Å². The van der Waals surface area contributed by atoms with Crippen molar-refractivity contribution in [2.24, 2.45) is 5.10 Å². The number of rotatable bonds is 4. The van der Waals surface area contributed by atoms with Crippen molar-refractivity contribution in [1.82, 2.24) is 4.68 Å². The van der Waals surface area contributed by atoms with E-state index in [4.69, 9.17) is 10.5 Å². The van der Waals surface area contributed by atoms with Gasteiger partial charge in [0.05, 0.1) is 18.2 Å². The SMILES string of the molecule is COc1cc(/C=N/n2c(N)cc(C)cc2=O)cc([N+](=O)[O-])c1O. The average molecular weight is 318 g/mol. The lowest BCUT2D eigenvalue weighted by molar-refractivity contribution is -0.386. The number of phenolic OH excluding ortho intramolecular Hbond substituents is 1. The van der Waals surface area contributed by atoms with Crippen molar-refractivity contribution in [3.8, 4) is 11.5 Å². The molecular formula is C14H14N4O5. The van der Waals surface area contributed by atoms with Gasteiger partial charge in [0.1, 0.15) is 5.82 Å². The molecule has 0 unspecified atom stereocenters. The molecule has 2 aromatic rings. The van der Waals surface area contributed by atoms with E-state index in [1.807, 2.05) is 0 Å². The highest BCUT2D eigenvalue weighted by atomic mass is 16.6. The van der Waals surface area contributed by atoms with Crippen LogP contribution >= 0.6 is 0 Å². The lowest BCUT2D eigenvalue weighted by atomic mass is 10.2. The third kappa shape index (κ3) is 3.28. The number of nitrogens with zero attached hydrogens (tertiary/aromatic N) is 3. The van der Waals surface area contributed by atoms with E-state index < -0.39 is 21.9 Å². The maximum atomic E-state index is 11.8. The molecule has 2 rings (SSSR count). The minimum absolute atomic E-state index is 0.0788. The van der Waals surface area contributed by atoms with E-state index in [9.17, 15) is 20.0 Å². The van der Waals surface area contributed by atoms with Crippen molar-refractivity contribution in [1.29, 1.82) is 0 Å². The van der Waals surface area contributed by atoms with Crippen molar-refractivity contribution in [3.05, 3.63) is 55.9 Å². The molecule has 120 valence electrons. The monoisotopic (exact) mass is 318 g/mol. The summed E-state index contributed by atoms with van der Waals surface area (Å²) in [6.07, 6.45) is 1.21. The summed E-state index contributed by atoms with van der Waals surface area (Å²) >= 11 is 0. The zero-order valence-electron chi connectivity index (χ0n) is 12.4. The number of pyridine rings is 1. The van der Waals surface area contributed by atoms with Gasteiger partial charge in [-0.05, 0) is 24.6 Å². The summed E-state index contributed by atoms with van der Waals surface area (Å²) in [7, 11) is 1.27. The van der Waals surface area contributed by atoms with Gasteiger partial charge in [-0.15, -0.1) is 0 Å². The van der Waals surface area contributed by atoms with Crippen LogP contribution in [0.15, 0.2) is 34.2 Å². The summed E-state index contributed by atoms with van der Waals surface area (Å²) in [5, 5.41) is 24.6. The van der Waals surface area contributed by atoms with Crippen LogP contribution in [0, 0.1) is 17.0 Å². The predicted molar refractivity (Wildman–Crippen MR) is 84.2 cm³/mol. The number of nitrogens with two attached hydrogens (primary N) is 1. The third-order valence-electron chi connectivity index (χ3n) is 3.00. The predicted octanol–water partition coefficient (Wildman–Crippen LogP) is 1.24. The maximum absolute atomic E-state index is 11.8. The summed E-state index contributed by atoms with van der Waals surface area (Å²) in [4.78, 5) is 22.0. The van der Waals surface area contributed by atoms with E-state index in [-0.39, 0.29) is 17.1 Å². The lowest BCUT2D eigenvalue weighted by Crippen LogP contribution is -2.19. The Bertz CT molecular complexity index is 857. The minimum atomic E-state index is -0.748. The number of nitro benzene ring substituents is 1. The molecule has 0 atom stereocenters. The normalized spacial score (nSPS) is 10.9. The van der Waals surface area contributed by atoms with E-state index >= 15 is 0 Å². The zero-order chi connectivity index (χ0) is 17.1. The molecule has 0 saturated carbocycles. The number of aromatic nitrogens is 1. The lowest BCUT2D eigenvalue weighted by Gasteiger charge is -2.06. The zero-order valence-corrected chi connectivity index (χ0v) is 12.4. The number of nitro groups is 1. The van der Waals surface area contributed by atoms with E-state index in [1.165, 1.54) is 25.5 Å². The molecule has 0 aliphatic heterocycles. The number of hydrogen-bond acceptors (Lipinski definition) is 7. The Morgan fingerprint density at radius 1 is 1.39 bits per heavy atom. The Labute approximate surface area is 130 Å². The molecule has 9 heteroatoms. The van der Waals surface area contributed by atoms with Crippen LogP contribution < -0.4 is 16.0 Å². The Kier molecular flexibility index (Phi) is 4.30. The highest BCUT2D eigenvalue weighted by Gasteiger charge is 2.19. The summed E-state index contributed by atoms with van der Waals surface area (Å²) in [5.74, 6) is -0.530. The van der Waals surface area contributed by atoms with Crippen molar-refractivity contribution < 1.29 is 14.8 Å². The molecule has 23 heavy (non-hydrogen) atoms. The number of anilines is 1. The van der Waals surface area contributed by atoms with Gasteiger partial charge in [0.25, 0.3) is 5.56 Å². The van der Waals surface area contributed by atoms with Crippen LogP contribution in [0.1, 0.15) is 11.1 Å². The molecule has 0 bridgehead atoms. The van der Waals surface area contributed by atoms with E-state index in [2.05, 4.69) is 5.10 Å². The number of benzene rings is 1. The molecule has 0 saturated heterocycles. The smallest absolute Gasteiger partial charge is 0.315 e. The van der Waals surface area contributed by atoms with Gasteiger partial charge in [0.15, 0.2) is 5.75 Å². The molecule has 9 nitrogen and oxygen atoms in total. The number of hydrogen-bond donors (Lipinski definition) is 2. The number of methoxy groups -OCH3 is 1. The molecular weight excluding hydrogens is 304 g/mol. The fourth-order valence-electron chi connectivity index (χ4n) is 1.95. The molecule has 0 radical (unpaired) electrons. The first-order valence-corrected chi connectivity index (χ1v) is 6.42. The number of aryl methyl sites for hydroxylation is 1. The summed E-state index contributed by atoms with van der Waals surface area (Å²) in [6, 6.07) is 5.38. The number of phenols is 1. The number of ether oxygens (including phenoxy) is 1. The van der Waals surface area contributed by atoms with Gasteiger partial charge >= 0.3 is 5.69 Å². The molecule has 0 aliphatic rings. The minimum Gasteiger partial charge on any atom is -0.500 e. The molecule has 1 aromatic carbocycles. The van der Waals surface area contributed by atoms with Gasteiger partial charge in [0.2, 0.25) is 5.75 Å². The van der Waals surface area contributed by atoms with Crippen molar-refractivity contribution in [2.75, 3.05) is 12.8 Å². The van der Waals surface area contributed by atoms with Gasteiger partial charge in [-0.1, -0.05) is 0 Å². The van der Waals surface area contributed by atoms with Gasteiger partial charge in [-0.3, -0.25) is 14.9 Å². The standard InChI is InChI=1S/C14H14N4O5/c1-8-3-12(15)17(13(19)4-8)16-7-9-5-10(18(21)22)14(20)11(6-9)23-2/h3-7,20H,15H2,1-2H3/b16-7+. The van der Waals surface area contributed by atoms with Crippen LogP contribution in [0.3, 0.4) is 0 Å².